The van der Waals surface area contributed by atoms with Gasteiger partial charge in [0.2, 0.25) is 10.0 Å². The fourth-order valence-corrected chi connectivity index (χ4v) is 5.60. The fourth-order valence-electron chi connectivity index (χ4n) is 4.31. The van der Waals surface area contributed by atoms with Crippen molar-refractivity contribution in [2.75, 3.05) is 25.3 Å². The molecular weight excluding hydrogens is 661 g/mol. The van der Waals surface area contributed by atoms with E-state index in [1.54, 1.807) is 58.0 Å². The number of carbonyl (C=O) groups is 3. The van der Waals surface area contributed by atoms with E-state index >= 15 is 0 Å². The van der Waals surface area contributed by atoms with Crippen LogP contribution in [0.1, 0.15) is 54.2 Å². The summed E-state index contributed by atoms with van der Waals surface area (Å²) in [5.41, 5.74) is -0.280. The average Bonchev–Trinajstić information content (AvgIpc) is 3.49. The third-order valence-electron chi connectivity index (χ3n) is 6.38. The predicted octanol–water partition coefficient (Wildman–Crippen LogP) is 6.04. The van der Waals surface area contributed by atoms with Crippen molar-refractivity contribution in [2.45, 2.75) is 50.7 Å². The lowest BCUT2D eigenvalue weighted by Crippen LogP contribution is -2.53. The quantitative estimate of drug-likeness (QED) is 0.0667. The lowest BCUT2D eigenvalue weighted by atomic mass is 9.98. The van der Waals surface area contributed by atoms with Gasteiger partial charge < -0.3 is 23.9 Å². The summed E-state index contributed by atoms with van der Waals surface area (Å²) in [5.74, 6) is -0.578. The lowest BCUT2D eigenvalue weighted by Gasteiger charge is -2.38. The SMILES string of the molecule is CC(C(=O)c1cccc(Cl)c1)N(C(=O)OCOC/C=C/COC(=O)c1cc(S(N)(=O)=O)c(Cl)cc1NCc1ccco1)C(C)(C)C. The Bertz CT molecular complexity index is 1670. The lowest BCUT2D eigenvalue weighted by molar-refractivity contribution is -0.0319. The first-order chi connectivity index (χ1) is 21.6. The Labute approximate surface area is 277 Å². The van der Waals surface area contributed by atoms with Crippen molar-refractivity contribution in [1.29, 1.82) is 0 Å². The summed E-state index contributed by atoms with van der Waals surface area (Å²) in [6, 6.07) is 11.3. The molecule has 3 rings (SSSR count). The summed E-state index contributed by atoms with van der Waals surface area (Å²) >= 11 is 12.1. The zero-order valence-corrected chi connectivity index (χ0v) is 27.9. The molecule has 248 valence electrons. The number of hydrogen-bond acceptors (Lipinski definition) is 10. The molecule has 0 bridgehead atoms. The van der Waals surface area contributed by atoms with Crippen LogP contribution in [-0.4, -0.2) is 62.8 Å². The number of primary sulfonamides is 1. The first-order valence-corrected chi connectivity index (χ1v) is 16.2. The largest absolute Gasteiger partial charge is 0.467 e. The van der Waals surface area contributed by atoms with Crippen LogP contribution >= 0.6 is 23.2 Å². The number of hydrogen-bond donors (Lipinski definition) is 2. The number of rotatable bonds is 14. The zero-order chi connectivity index (χ0) is 34.1. The molecule has 0 radical (unpaired) electrons. The molecule has 0 saturated carbocycles. The number of halogens is 2. The number of esters is 1. The van der Waals surface area contributed by atoms with Crippen LogP contribution in [-0.2, 0) is 30.8 Å². The Balaban J connectivity index is 1.53. The molecule has 2 aromatic carbocycles. The Morgan fingerprint density at radius 2 is 1.76 bits per heavy atom. The van der Waals surface area contributed by atoms with Crippen molar-refractivity contribution in [3.8, 4) is 0 Å². The number of carbonyl (C=O) groups excluding carboxylic acids is 3. The van der Waals surface area contributed by atoms with Gasteiger partial charge in [0.05, 0.1) is 41.7 Å². The second kappa shape index (κ2) is 16.1. The van der Waals surface area contributed by atoms with Gasteiger partial charge in [0, 0.05) is 16.1 Å². The smallest absolute Gasteiger partial charge is 0.412 e. The highest BCUT2D eigenvalue weighted by Crippen LogP contribution is 2.29. The zero-order valence-electron chi connectivity index (χ0n) is 25.6. The van der Waals surface area contributed by atoms with Crippen LogP contribution < -0.4 is 10.5 Å². The molecule has 0 aliphatic heterocycles. The molecule has 3 N–H and O–H groups in total. The number of nitrogens with two attached hydrogens (primary N) is 1. The van der Waals surface area contributed by atoms with Crippen molar-refractivity contribution in [2.24, 2.45) is 5.14 Å². The van der Waals surface area contributed by atoms with Gasteiger partial charge in [-0.25, -0.2) is 23.1 Å². The molecule has 12 nitrogen and oxygen atoms in total. The summed E-state index contributed by atoms with van der Waals surface area (Å²) in [7, 11) is -4.22. The van der Waals surface area contributed by atoms with Gasteiger partial charge >= 0.3 is 12.1 Å². The summed E-state index contributed by atoms with van der Waals surface area (Å²) in [6.45, 7) is 6.54. The van der Waals surface area contributed by atoms with E-state index in [1.165, 1.54) is 35.4 Å². The van der Waals surface area contributed by atoms with Gasteiger partial charge in [-0.3, -0.25) is 9.69 Å². The van der Waals surface area contributed by atoms with E-state index in [-0.39, 0.29) is 41.8 Å². The second-order valence-electron chi connectivity index (χ2n) is 10.9. The van der Waals surface area contributed by atoms with E-state index in [9.17, 15) is 22.8 Å². The third kappa shape index (κ3) is 10.3. The maximum absolute atomic E-state index is 13.1. The molecule has 1 atom stereocenters. The molecule has 1 unspecified atom stereocenters. The molecule has 0 aliphatic carbocycles. The Morgan fingerprint density at radius 1 is 1.04 bits per heavy atom. The summed E-state index contributed by atoms with van der Waals surface area (Å²) in [6.07, 6.45) is 3.75. The number of benzene rings is 2. The van der Waals surface area contributed by atoms with Crippen molar-refractivity contribution < 1.29 is 41.4 Å². The van der Waals surface area contributed by atoms with Gasteiger partial charge in [0.1, 0.15) is 17.3 Å². The molecular formula is C31H35Cl2N3O9S. The summed E-state index contributed by atoms with van der Waals surface area (Å²) in [5, 5.41) is 8.44. The highest BCUT2D eigenvalue weighted by molar-refractivity contribution is 7.89. The molecule has 15 heteroatoms. The maximum Gasteiger partial charge on any atom is 0.412 e. The first kappa shape index (κ1) is 36.6. The number of ether oxygens (including phenoxy) is 3. The van der Waals surface area contributed by atoms with Crippen molar-refractivity contribution in [3.05, 3.63) is 93.9 Å². The van der Waals surface area contributed by atoms with Gasteiger partial charge in [0.15, 0.2) is 12.6 Å². The van der Waals surface area contributed by atoms with E-state index in [0.717, 1.165) is 6.07 Å². The number of amides is 1. The van der Waals surface area contributed by atoms with Crippen LogP contribution in [0, 0.1) is 0 Å². The van der Waals surface area contributed by atoms with Crippen LogP contribution in [0.5, 0.6) is 0 Å². The molecule has 0 saturated heterocycles. The van der Waals surface area contributed by atoms with Gasteiger partial charge in [-0.2, -0.15) is 0 Å². The normalized spacial score (nSPS) is 12.5. The van der Waals surface area contributed by atoms with Gasteiger partial charge in [-0.15, -0.1) is 0 Å². The number of nitrogens with one attached hydrogen (secondary N) is 1. The minimum Gasteiger partial charge on any atom is -0.467 e. The van der Waals surface area contributed by atoms with Gasteiger partial charge in [-0.05, 0) is 70.2 Å². The Kier molecular flexibility index (Phi) is 12.8. The van der Waals surface area contributed by atoms with E-state index in [2.05, 4.69) is 5.32 Å². The van der Waals surface area contributed by atoms with E-state index in [4.69, 9.17) is 47.0 Å². The van der Waals surface area contributed by atoms with Crippen LogP contribution in [0.2, 0.25) is 10.0 Å². The Morgan fingerprint density at radius 3 is 2.39 bits per heavy atom. The molecule has 1 aromatic heterocycles. The third-order valence-corrected chi connectivity index (χ3v) is 7.99. The number of Topliss-reactive ketones (excluding diaryl/α,β-unsaturated/α-hetero) is 1. The molecule has 0 aliphatic rings. The van der Waals surface area contributed by atoms with Crippen molar-refractivity contribution in [1.82, 2.24) is 4.90 Å². The number of nitrogens with zero attached hydrogens (tertiary/aromatic N) is 1. The van der Waals surface area contributed by atoms with Crippen molar-refractivity contribution in [3.63, 3.8) is 0 Å². The average molecular weight is 697 g/mol. The molecule has 46 heavy (non-hydrogen) atoms. The number of furan rings is 1. The number of anilines is 1. The van der Waals surface area contributed by atoms with Crippen LogP contribution in [0.4, 0.5) is 10.5 Å². The van der Waals surface area contributed by atoms with E-state index in [1.807, 2.05) is 0 Å². The monoisotopic (exact) mass is 695 g/mol. The van der Waals surface area contributed by atoms with Gasteiger partial charge in [0.25, 0.3) is 0 Å². The predicted molar refractivity (Wildman–Crippen MR) is 172 cm³/mol. The van der Waals surface area contributed by atoms with Crippen LogP contribution in [0.25, 0.3) is 0 Å². The van der Waals surface area contributed by atoms with Crippen LogP contribution in [0.15, 0.2) is 76.3 Å². The molecule has 0 fully saturated rings. The second-order valence-corrected chi connectivity index (χ2v) is 13.2. The minimum absolute atomic E-state index is 0.00378. The molecule has 1 amide bonds. The highest BCUT2D eigenvalue weighted by atomic mass is 35.5. The number of sulfonamides is 1. The standard InChI is InChI=1S/C31H35Cl2N3O9S/c1-20(28(37)21-9-7-10-22(32)15-21)36(31(2,3)4)30(39)45-19-42-12-5-6-13-44-29(38)24-16-27(46(34,40)41)25(33)17-26(24)35-18-23-11-8-14-43-23/h5-11,14-17,20,35H,12-13,18-19H2,1-4H3,(H2,34,40,41)/b6-5+. The minimum atomic E-state index is -4.22. The van der Waals surface area contributed by atoms with E-state index < -0.39 is 45.4 Å². The molecule has 3 aromatic rings. The summed E-state index contributed by atoms with van der Waals surface area (Å²) in [4.78, 5) is 39.7. The molecule has 0 spiro atoms. The van der Waals surface area contributed by atoms with Crippen LogP contribution in [0.3, 0.4) is 0 Å². The highest BCUT2D eigenvalue weighted by Gasteiger charge is 2.36. The topological polar surface area (TPSA) is 167 Å². The maximum atomic E-state index is 13.1. The fraction of sp³-hybridized carbons (Fsp3) is 0.323. The van der Waals surface area contributed by atoms with Gasteiger partial charge in [-0.1, -0.05) is 41.4 Å². The first-order valence-electron chi connectivity index (χ1n) is 13.9. The molecule has 1 heterocycles. The Hall–Kier alpha value is -3.88. The van der Waals surface area contributed by atoms with Crippen molar-refractivity contribution >= 4 is 56.8 Å². The summed E-state index contributed by atoms with van der Waals surface area (Å²) < 4.78 is 45.0. The number of ketones is 1. The van der Waals surface area contributed by atoms with E-state index in [0.29, 0.717) is 16.3 Å².